The Kier molecular flexibility index (Phi) is 3.58. The molecule has 0 saturated carbocycles. The van der Waals surface area contributed by atoms with Gasteiger partial charge in [-0.15, -0.1) is 6.58 Å². The monoisotopic (exact) mass is 300 g/mol. The number of nitrogens with zero attached hydrogens (tertiary/aromatic N) is 4. The maximum Gasteiger partial charge on any atom is 0.264 e. The molecule has 0 bridgehead atoms. The van der Waals surface area contributed by atoms with E-state index in [-0.39, 0.29) is 5.56 Å². The first-order valence-corrected chi connectivity index (χ1v) is 6.84. The highest BCUT2D eigenvalue weighted by atomic mass is 35.5. The van der Waals surface area contributed by atoms with E-state index in [0.717, 1.165) is 5.56 Å². The van der Waals surface area contributed by atoms with E-state index in [2.05, 4.69) is 16.7 Å². The molecule has 0 unspecified atom stereocenters. The van der Waals surface area contributed by atoms with Gasteiger partial charge in [-0.3, -0.25) is 14.0 Å². The van der Waals surface area contributed by atoms with Crippen LogP contribution in [-0.2, 0) is 13.1 Å². The van der Waals surface area contributed by atoms with Crippen molar-refractivity contribution in [2.45, 2.75) is 13.1 Å². The van der Waals surface area contributed by atoms with E-state index in [0.29, 0.717) is 29.1 Å². The molecule has 0 spiro atoms. The summed E-state index contributed by atoms with van der Waals surface area (Å²) in [6.45, 7) is 4.55. The van der Waals surface area contributed by atoms with Gasteiger partial charge in [0, 0.05) is 17.8 Å². The highest BCUT2D eigenvalue weighted by molar-refractivity contribution is 6.31. The Morgan fingerprint density at radius 1 is 1.33 bits per heavy atom. The Labute approximate surface area is 126 Å². The van der Waals surface area contributed by atoms with Gasteiger partial charge < -0.3 is 0 Å². The number of halogens is 1. The molecule has 0 fully saturated rings. The predicted octanol–water partition coefficient (Wildman–Crippen LogP) is 2.48. The van der Waals surface area contributed by atoms with Gasteiger partial charge in [-0.1, -0.05) is 35.9 Å². The molecule has 1 aromatic carbocycles. The van der Waals surface area contributed by atoms with Crippen LogP contribution in [0.1, 0.15) is 5.56 Å². The second kappa shape index (κ2) is 5.54. The van der Waals surface area contributed by atoms with Crippen molar-refractivity contribution in [3.8, 4) is 0 Å². The minimum absolute atomic E-state index is 0.120. The topological polar surface area (TPSA) is 52.7 Å². The first-order chi connectivity index (χ1) is 10.2. The number of aromatic nitrogens is 4. The van der Waals surface area contributed by atoms with Crippen LogP contribution in [0.25, 0.3) is 11.0 Å². The van der Waals surface area contributed by atoms with Gasteiger partial charge in [0.25, 0.3) is 5.56 Å². The largest absolute Gasteiger partial charge is 0.295 e. The third-order valence-corrected chi connectivity index (χ3v) is 3.54. The standard InChI is InChI=1S/C15H13ClN4O/c1-2-7-19-10-17-14-12(15(19)21)9-20(18-14)8-11-5-3-4-6-13(11)16/h2-6,9-10H,1,7-8H2. The van der Waals surface area contributed by atoms with Crippen molar-refractivity contribution in [1.82, 2.24) is 19.3 Å². The van der Waals surface area contributed by atoms with Crippen LogP contribution in [0.2, 0.25) is 5.02 Å². The van der Waals surface area contributed by atoms with E-state index in [4.69, 9.17) is 11.6 Å². The number of hydrogen-bond donors (Lipinski definition) is 0. The van der Waals surface area contributed by atoms with E-state index in [1.807, 2.05) is 24.3 Å². The van der Waals surface area contributed by atoms with Crippen molar-refractivity contribution in [3.63, 3.8) is 0 Å². The third kappa shape index (κ3) is 2.60. The summed E-state index contributed by atoms with van der Waals surface area (Å²) in [4.78, 5) is 16.4. The molecule has 0 atom stereocenters. The zero-order valence-electron chi connectivity index (χ0n) is 11.2. The van der Waals surface area contributed by atoms with Crippen LogP contribution in [0.15, 0.2) is 54.2 Å². The summed E-state index contributed by atoms with van der Waals surface area (Å²) in [7, 11) is 0. The number of fused-ring (bicyclic) bond motifs is 1. The van der Waals surface area contributed by atoms with Gasteiger partial charge in [0.05, 0.1) is 6.54 Å². The van der Waals surface area contributed by atoms with Gasteiger partial charge in [0.15, 0.2) is 5.65 Å². The molecule has 0 saturated heterocycles. The Balaban J connectivity index is 2.02. The van der Waals surface area contributed by atoms with E-state index < -0.39 is 0 Å². The molecule has 0 N–H and O–H groups in total. The molecule has 0 amide bonds. The molecule has 0 radical (unpaired) electrons. The van der Waals surface area contributed by atoms with Crippen LogP contribution in [0, 0.1) is 0 Å². The number of rotatable bonds is 4. The predicted molar refractivity (Wildman–Crippen MR) is 82.5 cm³/mol. The van der Waals surface area contributed by atoms with Gasteiger partial charge in [-0.2, -0.15) is 5.10 Å². The van der Waals surface area contributed by atoms with Crippen LogP contribution < -0.4 is 5.56 Å². The first kappa shape index (κ1) is 13.6. The molecule has 0 aliphatic rings. The summed E-state index contributed by atoms with van der Waals surface area (Å²) in [5.74, 6) is 0. The average molecular weight is 301 g/mol. The Hall–Kier alpha value is -2.40. The molecule has 2 aromatic heterocycles. The molecular weight excluding hydrogens is 288 g/mol. The van der Waals surface area contributed by atoms with E-state index in [9.17, 15) is 4.79 Å². The number of hydrogen-bond acceptors (Lipinski definition) is 3. The van der Waals surface area contributed by atoms with Gasteiger partial charge in [0.1, 0.15) is 11.7 Å². The normalized spacial score (nSPS) is 10.9. The second-order valence-corrected chi connectivity index (χ2v) is 5.05. The fourth-order valence-electron chi connectivity index (χ4n) is 2.14. The third-order valence-electron chi connectivity index (χ3n) is 3.17. The summed E-state index contributed by atoms with van der Waals surface area (Å²) in [5.41, 5.74) is 1.26. The summed E-state index contributed by atoms with van der Waals surface area (Å²) >= 11 is 6.14. The maximum atomic E-state index is 12.2. The molecule has 6 heteroatoms. The van der Waals surface area contributed by atoms with Crippen molar-refractivity contribution >= 4 is 22.6 Å². The Bertz CT molecular complexity index is 865. The quantitative estimate of drug-likeness (QED) is 0.696. The van der Waals surface area contributed by atoms with Crippen molar-refractivity contribution in [2.75, 3.05) is 0 Å². The molecule has 2 heterocycles. The van der Waals surface area contributed by atoms with Gasteiger partial charge in [-0.05, 0) is 11.6 Å². The average Bonchev–Trinajstić information content (AvgIpc) is 2.88. The summed E-state index contributed by atoms with van der Waals surface area (Å²) in [5, 5.41) is 5.49. The lowest BCUT2D eigenvalue weighted by Gasteiger charge is -2.03. The number of allylic oxidation sites excluding steroid dienone is 1. The summed E-state index contributed by atoms with van der Waals surface area (Å²) in [6, 6.07) is 7.55. The zero-order valence-corrected chi connectivity index (χ0v) is 12.0. The van der Waals surface area contributed by atoms with Crippen molar-refractivity contribution < 1.29 is 0 Å². The summed E-state index contributed by atoms with van der Waals surface area (Å²) < 4.78 is 3.18. The minimum atomic E-state index is -0.120. The first-order valence-electron chi connectivity index (χ1n) is 6.46. The SMILES string of the molecule is C=CCn1cnc2nn(Cc3ccccc3Cl)cc2c1=O. The zero-order chi connectivity index (χ0) is 14.8. The molecule has 5 nitrogen and oxygen atoms in total. The lowest BCUT2D eigenvalue weighted by molar-refractivity contribution is 0.693. The second-order valence-electron chi connectivity index (χ2n) is 4.65. The van der Waals surface area contributed by atoms with Crippen LogP contribution in [0.3, 0.4) is 0 Å². The highest BCUT2D eigenvalue weighted by Gasteiger charge is 2.09. The molecule has 3 rings (SSSR count). The van der Waals surface area contributed by atoms with Gasteiger partial charge in [0.2, 0.25) is 0 Å². The molecule has 0 aliphatic carbocycles. The minimum Gasteiger partial charge on any atom is -0.295 e. The van der Waals surface area contributed by atoms with Crippen LogP contribution in [-0.4, -0.2) is 19.3 Å². The van der Waals surface area contributed by atoms with Crippen LogP contribution in [0.5, 0.6) is 0 Å². The van der Waals surface area contributed by atoms with Crippen molar-refractivity contribution in [3.05, 3.63) is 70.4 Å². The molecule has 106 valence electrons. The lowest BCUT2D eigenvalue weighted by atomic mass is 10.2. The van der Waals surface area contributed by atoms with Crippen molar-refractivity contribution in [1.29, 1.82) is 0 Å². The molecule has 3 aromatic rings. The Morgan fingerprint density at radius 3 is 2.90 bits per heavy atom. The highest BCUT2D eigenvalue weighted by Crippen LogP contribution is 2.16. The fourth-order valence-corrected chi connectivity index (χ4v) is 2.34. The number of benzene rings is 1. The van der Waals surface area contributed by atoms with Crippen LogP contribution >= 0.6 is 11.6 Å². The molecule has 21 heavy (non-hydrogen) atoms. The van der Waals surface area contributed by atoms with Gasteiger partial charge in [-0.25, -0.2) is 4.98 Å². The van der Waals surface area contributed by atoms with Gasteiger partial charge >= 0.3 is 0 Å². The fraction of sp³-hybridized carbons (Fsp3) is 0.133. The Morgan fingerprint density at radius 2 is 2.14 bits per heavy atom. The van der Waals surface area contributed by atoms with E-state index >= 15 is 0 Å². The van der Waals surface area contributed by atoms with Crippen LogP contribution in [0.4, 0.5) is 0 Å². The molecular formula is C15H13ClN4O. The smallest absolute Gasteiger partial charge is 0.264 e. The lowest BCUT2D eigenvalue weighted by Crippen LogP contribution is -2.19. The summed E-state index contributed by atoms with van der Waals surface area (Å²) in [6.07, 6.45) is 4.84. The van der Waals surface area contributed by atoms with E-state index in [1.165, 1.54) is 10.9 Å². The molecule has 0 aliphatic heterocycles. The van der Waals surface area contributed by atoms with E-state index in [1.54, 1.807) is 17.0 Å². The van der Waals surface area contributed by atoms with Crippen molar-refractivity contribution in [2.24, 2.45) is 0 Å². The maximum absolute atomic E-state index is 12.2.